The Morgan fingerprint density at radius 3 is 2.76 bits per heavy atom. The fourth-order valence-corrected chi connectivity index (χ4v) is 1.54. The summed E-state index contributed by atoms with van der Waals surface area (Å²) in [7, 11) is 0. The molecule has 1 atom stereocenters. The lowest BCUT2D eigenvalue weighted by Crippen LogP contribution is -2.31. The van der Waals surface area contributed by atoms with E-state index in [4.69, 9.17) is 10.6 Å². The SMILES string of the molecule is Cc1nc(C)c(C(C)NOCC(N)=O)c(=O)[nH]1. The summed E-state index contributed by atoms with van der Waals surface area (Å²) in [5.41, 5.74) is 8.35. The molecule has 7 nitrogen and oxygen atoms in total. The maximum absolute atomic E-state index is 11.7. The molecule has 1 rings (SSSR count). The van der Waals surface area contributed by atoms with E-state index in [9.17, 15) is 9.59 Å². The number of hydroxylamine groups is 1. The first-order valence-electron chi connectivity index (χ1n) is 5.15. The van der Waals surface area contributed by atoms with Crippen molar-refractivity contribution in [2.24, 2.45) is 5.73 Å². The highest BCUT2D eigenvalue weighted by atomic mass is 16.6. The molecule has 0 aromatic carbocycles. The van der Waals surface area contributed by atoms with Gasteiger partial charge in [-0.1, -0.05) is 0 Å². The molecule has 0 radical (unpaired) electrons. The zero-order valence-corrected chi connectivity index (χ0v) is 10.0. The van der Waals surface area contributed by atoms with E-state index < -0.39 is 5.91 Å². The van der Waals surface area contributed by atoms with Gasteiger partial charge in [0.1, 0.15) is 12.4 Å². The Hall–Kier alpha value is -1.73. The van der Waals surface area contributed by atoms with Crippen LogP contribution in [0.4, 0.5) is 0 Å². The molecule has 0 saturated heterocycles. The van der Waals surface area contributed by atoms with Gasteiger partial charge in [0, 0.05) is 5.69 Å². The van der Waals surface area contributed by atoms with Crippen LogP contribution in [0.1, 0.15) is 30.0 Å². The predicted octanol–water partition coefficient (Wildman–Crippen LogP) is -0.546. The van der Waals surface area contributed by atoms with Crippen molar-refractivity contribution < 1.29 is 9.63 Å². The lowest BCUT2D eigenvalue weighted by atomic mass is 10.1. The molecule has 0 fully saturated rings. The first-order chi connectivity index (χ1) is 7.91. The van der Waals surface area contributed by atoms with E-state index in [1.165, 1.54) is 0 Å². The molecule has 1 unspecified atom stereocenters. The largest absolute Gasteiger partial charge is 0.368 e. The zero-order chi connectivity index (χ0) is 13.0. The van der Waals surface area contributed by atoms with E-state index in [-0.39, 0.29) is 18.2 Å². The van der Waals surface area contributed by atoms with Gasteiger partial charge in [0.15, 0.2) is 0 Å². The van der Waals surface area contributed by atoms with Crippen LogP contribution in [0.15, 0.2) is 4.79 Å². The van der Waals surface area contributed by atoms with Gasteiger partial charge in [-0.15, -0.1) is 0 Å². The van der Waals surface area contributed by atoms with Crippen LogP contribution in [0.25, 0.3) is 0 Å². The third-order valence-corrected chi connectivity index (χ3v) is 2.17. The van der Waals surface area contributed by atoms with Gasteiger partial charge < -0.3 is 10.7 Å². The minimum absolute atomic E-state index is 0.224. The van der Waals surface area contributed by atoms with Crippen LogP contribution in [0.2, 0.25) is 0 Å². The second-order valence-electron chi connectivity index (χ2n) is 3.74. The van der Waals surface area contributed by atoms with Crippen molar-refractivity contribution in [2.45, 2.75) is 26.8 Å². The lowest BCUT2D eigenvalue weighted by molar-refractivity contribution is -0.126. The van der Waals surface area contributed by atoms with Gasteiger partial charge in [-0.25, -0.2) is 4.98 Å². The van der Waals surface area contributed by atoms with Gasteiger partial charge in [0.25, 0.3) is 5.56 Å². The van der Waals surface area contributed by atoms with Crippen molar-refractivity contribution in [3.05, 3.63) is 27.4 Å². The van der Waals surface area contributed by atoms with Crippen molar-refractivity contribution in [2.75, 3.05) is 6.61 Å². The van der Waals surface area contributed by atoms with E-state index in [0.717, 1.165) is 0 Å². The Morgan fingerprint density at radius 1 is 1.59 bits per heavy atom. The first-order valence-corrected chi connectivity index (χ1v) is 5.15. The van der Waals surface area contributed by atoms with Crippen molar-refractivity contribution in [1.82, 2.24) is 15.4 Å². The minimum atomic E-state index is -0.586. The third-order valence-electron chi connectivity index (χ3n) is 2.17. The van der Waals surface area contributed by atoms with Gasteiger partial charge >= 0.3 is 0 Å². The molecule has 0 saturated carbocycles. The third kappa shape index (κ3) is 3.65. The average Bonchev–Trinajstić information content (AvgIpc) is 2.14. The molecule has 0 spiro atoms. The van der Waals surface area contributed by atoms with Gasteiger partial charge in [0.05, 0.1) is 11.6 Å². The van der Waals surface area contributed by atoms with E-state index in [1.807, 2.05) is 0 Å². The number of nitrogens with one attached hydrogen (secondary N) is 2. The monoisotopic (exact) mass is 240 g/mol. The Bertz CT molecular complexity index is 469. The van der Waals surface area contributed by atoms with E-state index in [2.05, 4.69) is 15.4 Å². The Balaban J connectivity index is 2.79. The molecule has 1 aromatic heterocycles. The molecule has 1 aromatic rings. The average molecular weight is 240 g/mol. The Labute approximate surface area is 98.3 Å². The number of aromatic nitrogens is 2. The quantitative estimate of drug-likeness (QED) is 0.598. The molecule has 1 amide bonds. The smallest absolute Gasteiger partial charge is 0.255 e. The predicted molar refractivity (Wildman–Crippen MR) is 61.0 cm³/mol. The highest BCUT2D eigenvalue weighted by Gasteiger charge is 2.14. The number of rotatable bonds is 5. The van der Waals surface area contributed by atoms with Crippen LogP contribution < -0.4 is 16.8 Å². The van der Waals surface area contributed by atoms with E-state index in [1.54, 1.807) is 20.8 Å². The molecule has 17 heavy (non-hydrogen) atoms. The van der Waals surface area contributed by atoms with Crippen molar-refractivity contribution in [3.63, 3.8) is 0 Å². The summed E-state index contributed by atoms with van der Waals surface area (Å²) in [6.45, 7) is 4.93. The molecule has 1 heterocycles. The highest BCUT2D eigenvalue weighted by molar-refractivity contribution is 5.74. The molecule has 7 heteroatoms. The van der Waals surface area contributed by atoms with Crippen LogP contribution in [0.5, 0.6) is 0 Å². The molecular formula is C10H16N4O3. The van der Waals surface area contributed by atoms with Gasteiger partial charge in [0.2, 0.25) is 5.91 Å². The summed E-state index contributed by atoms with van der Waals surface area (Å²) in [5.74, 6) is -0.0288. The fraction of sp³-hybridized carbons (Fsp3) is 0.500. The maximum Gasteiger partial charge on any atom is 0.255 e. The number of amides is 1. The van der Waals surface area contributed by atoms with Crippen LogP contribution in [-0.4, -0.2) is 22.5 Å². The number of nitrogens with two attached hydrogens (primary N) is 1. The summed E-state index contributed by atoms with van der Waals surface area (Å²) < 4.78 is 0. The number of hydrogen-bond acceptors (Lipinski definition) is 5. The van der Waals surface area contributed by atoms with Gasteiger partial charge in [-0.3, -0.25) is 14.4 Å². The van der Waals surface area contributed by atoms with E-state index >= 15 is 0 Å². The summed E-state index contributed by atoms with van der Waals surface area (Å²) >= 11 is 0. The highest BCUT2D eigenvalue weighted by Crippen LogP contribution is 2.10. The minimum Gasteiger partial charge on any atom is -0.368 e. The second kappa shape index (κ2) is 5.55. The topological polar surface area (TPSA) is 110 Å². The molecule has 94 valence electrons. The summed E-state index contributed by atoms with van der Waals surface area (Å²) in [6.07, 6.45) is 0. The number of aromatic amines is 1. The number of aryl methyl sites for hydroxylation is 2. The number of hydrogen-bond donors (Lipinski definition) is 3. The normalized spacial score (nSPS) is 12.4. The van der Waals surface area contributed by atoms with Crippen molar-refractivity contribution >= 4 is 5.91 Å². The molecule has 0 aliphatic heterocycles. The van der Waals surface area contributed by atoms with Crippen LogP contribution in [0, 0.1) is 13.8 Å². The Morgan fingerprint density at radius 2 is 2.24 bits per heavy atom. The van der Waals surface area contributed by atoms with Crippen molar-refractivity contribution in [1.29, 1.82) is 0 Å². The zero-order valence-electron chi connectivity index (χ0n) is 10.0. The van der Waals surface area contributed by atoms with Crippen molar-refractivity contribution in [3.8, 4) is 0 Å². The lowest BCUT2D eigenvalue weighted by Gasteiger charge is -2.14. The van der Waals surface area contributed by atoms with Crippen LogP contribution in [-0.2, 0) is 9.63 Å². The molecule has 0 bridgehead atoms. The molecule has 4 N–H and O–H groups in total. The molecular weight excluding hydrogens is 224 g/mol. The number of primary amides is 1. The number of nitrogens with zero attached hydrogens (tertiary/aromatic N) is 1. The second-order valence-corrected chi connectivity index (χ2v) is 3.74. The summed E-state index contributed by atoms with van der Waals surface area (Å²) in [4.78, 5) is 33.8. The van der Waals surface area contributed by atoms with Gasteiger partial charge in [-0.2, -0.15) is 5.48 Å². The Kier molecular flexibility index (Phi) is 4.36. The standard InChI is InChI=1S/C10H16N4O3/c1-5-9(10(16)13-7(3)12-5)6(2)14-17-4-8(11)15/h6,14H,4H2,1-3H3,(H2,11,15)(H,12,13,16). The molecule has 0 aliphatic carbocycles. The summed E-state index contributed by atoms with van der Waals surface area (Å²) in [5, 5.41) is 0. The maximum atomic E-state index is 11.7. The van der Waals surface area contributed by atoms with E-state index in [0.29, 0.717) is 17.1 Å². The summed E-state index contributed by atoms with van der Waals surface area (Å²) in [6, 6.07) is -0.383. The van der Waals surface area contributed by atoms with Crippen LogP contribution >= 0.6 is 0 Å². The number of carbonyl (C=O) groups excluding carboxylic acids is 1. The number of H-pyrrole nitrogens is 1. The first kappa shape index (κ1) is 13.3. The van der Waals surface area contributed by atoms with Crippen LogP contribution in [0.3, 0.4) is 0 Å². The fourth-order valence-electron chi connectivity index (χ4n) is 1.54. The molecule has 0 aliphatic rings. The van der Waals surface area contributed by atoms with Gasteiger partial charge in [-0.05, 0) is 20.8 Å². The number of carbonyl (C=O) groups is 1.